The SMILES string of the molecule is COc1cc(Br)c(N)cc1S(=O)(=O)N(C)C1CCOC1C. The van der Waals surface area contributed by atoms with Crippen LogP contribution in [0.1, 0.15) is 13.3 Å². The Balaban J connectivity index is 2.46. The molecule has 2 unspecified atom stereocenters. The van der Waals surface area contributed by atoms with Gasteiger partial charge in [0.15, 0.2) is 0 Å². The van der Waals surface area contributed by atoms with E-state index in [9.17, 15) is 8.42 Å². The van der Waals surface area contributed by atoms with Crippen molar-refractivity contribution in [2.75, 3.05) is 26.5 Å². The van der Waals surface area contributed by atoms with Crippen LogP contribution in [0.2, 0.25) is 0 Å². The molecule has 1 heterocycles. The molecule has 1 aromatic rings. The molecule has 21 heavy (non-hydrogen) atoms. The first kappa shape index (κ1) is 16.5. The molecular weight excluding hydrogens is 360 g/mol. The Hall–Kier alpha value is -0.830. The maximum Gasteiger partial charge on any atom is 0.246 e. The second-order valence-corrected chi connectivity index (χ2v) is 7.80. The van der Waals surface area contributed by atoms with Crippen LogP contribution in [0, 0.1) is 0 Å². The molecule has 0 aliphatic carbocycles. The van der Waals surface area contributed by atoms with E-state index in [0.29, 0.717) is 23.2 Å². The van der Waals surface area contributed by atoms with Gasteiger partial charge in [-0.25, -0.2) is 8.42 Å². The quantitative estimate of drug-likeness (QED) is 0.808. The highest BCUT2D eigenvalue weighted by Gasteiger charge is 2.36. The zero-order valence-corrected chi connectivity index (χ0v) is 14.6. The topological polar surface area (TPSA) is 81.9 Å². The lowest BCUT2D eigenvalue weighted by Gasteiger charge is -2.26. The van der Waals surface area contributed by atoms with Gasteiger partial charge in [-0.05, 0) is 41.4 Å². The Labute approximate surface area is 133 Å². The molecule has 0 aromatic heterocycles. The molecule has 8 heteroatoms. The number of ether oxygens (including phenoxy) is 2. The Kier molecular flexibility index (Phi) is 4.82. The molecule has 1 aliphatic rings. The summed E-state index contributed by atoms with van der Waals surface area (Å²) in [6.45, 7) is 2.43. The highest BCUT2D eigenvalue weighted by Crippen LogP contribution is 2.35. The molecule has 6 nitrogen and oxygen atoms in total. The molecule has 1 saturated heterocycles. The second kappa shape index (κ2) is 6.12. The fourth-order valence-corrected chi connectivity index (χ4v) is 4.38. The summed E-state index contributed by atoms with van der Waals surface area (Å²) in [7, 11) is -0.723. The molecule has 0 spiro atoms. The van der Waals surface area contributed by atoms with Crippen molar-refractivity contribution in [3.63, 3.8) is 0 Å². The monoisotopic (exact) mass is 378 g/mol. The van der Waals surface area contributed by atoms with E-state index in [1.54, 1.807) is 13.1 Å². The molecular formula is C13H19BrN2O4S. The van der Waals surface area contributed by atoms with Gasteiger partial charge in [-0.3, -0.25) is 0 Å². The van der Waals surface area contributed by atoms with Gasteiger partial charge in [0, 0.05) is 23.8 Å². The lowest BCUT2D eigenvalue weighted by atomic mass is 10.2. The van der Waals surface area contributed by atoms with E-state index in [2.05, 4.69) is 15.9 Å². The molecule has 2 N–H and O–H groups in total. The molecule has 1 aliphatic heterocycles. The summed E-state index contributed by atoms with van der Waals surface area (Å²) in [6.07, 6.45) is 0.536. The number of nitrogens with two attached hydrogens (primary N) is 1. The third-order valence-electron chi connectivity index (χ3n) is 3.74. The fraction of sp³-hybridized carbons (Fsp3) is 0.538. The maximum atomic E-state index is 12.8. The number of nitrogens with zero attached hydrogens (tertiary/aromatic N) is 1. The fourth-order valence-electron chi connectivity index (χ4n) is 2.44. The normalized spacial score (nSPS) is 22.7. The number of likely N-dealkylation sites (N-methyl/N-ethyl adjacent to an activating group) is 1. The lowest BCUT2D eigenvalue weighted by Crippen LogP contribution is -2.41. The van der Waals surface area contributed by atoms with Crippen molar-refractivity contribution < 1.29 is 17.9 Å². The minimum Gasteiger partial charge on any atom is -0.495 e. The predicted molar refractivity (Wildman–Crippen MR) is 83.9 cm³/mol. The first-order chi connectivity index (χ1) is 9.78. The van der Waals surface area contributed by atoms with Crippen molar-refractivity contribution >= 4 is 31.6 Å². The molecule has 2 rings (SSSR count). The zero-order valence-electron chi connectivity index (χ0n) is 12.2. The molecule has 1 aromatic carbocycles. The number of nitrogen functional groups attached to an aromatic ring is 1. The summed E-state index contributed by atoms with van der Waals surface area (Å²) in [5.41, 5.74) is 6.16. The van der Waals surface area contributed by atoms with Gasteiger partial charge < -0.3 is 15.2 Å². The van der Waals surface area contributed by atoms with Gasteiger partial charge in [-0.15, -0.1) is 0 Å². The third kappa shape index (κ3) is 3.03. The Morgan fingerprint density at radius 3 is 2.67 bits per heavy atom. The van der Waals surface area contributed by atoms with Crippen LogP contribution < -0.4 is 10.5 Å². The van der Waals surface area contributed by atoms with E-state index in [0.717, 1.165) is 0 Å². The first-order valence-electron chi connectivity index (χ1n) is 6.51. The third-order valence-corrected chi connectivity index (χ3v) is 6.33. The van der Waals surface area contributed by atoms with Crippen molar-refractivity contribution in [2.24, 2.45) is 0 Å². The summed E-state index contributed by atoms with van der Waals surface area (Å²) >= 11 is 3.27. The number of benzene rings is 1. The van der Waals surface area contributed by atoms with Crippen molar-refractivity contribution in [3.8, 4) is 5.75 Å². The largest absolute Gasteiger partial charge is 0.495 e. The highest BCUT2D eigenvalue weighted by atomic mass is 79.9. The van der Waals surface area contributed by atoms with E-state index in [1.807, 2.05) is 6.92 Å². The number of methoxy groups -OCH3 is 1. The number of sulfonamides is 1. The number of anilines is 1. The highest BCUT2D eigenvalue weighted by molar-refractivity contribution is 9.10. The Morgan fingerprint density at radius 2 is 2.14 bits per heavy atom. The van der Waals surface area contributed by atoms with E-state index >= 15 is 0 Å². The van der Waals surface area contributed by atoms with E-state index in [-0.39, 0.29) is 22.8 Å². The molecule has 0 radical (unpaired) electrons. The van der Waals surface area contributed by atoms with Gasteiger partial charge in [-0.1, -0.05) is 0 Å². The van der Waals surface area contributed by atoms with Crippen LogP contribution in [0.25, 0.3) is 0 Å². The molecule has 1 fully saturated rings. The van der Waals surface area contributed by atoms with E-state index < -0.39 is 10.0 Å². The number of hydrogen-bond acceptors (Lipinski definition) is 5. The predicted octanol–water partition coefficient (Wildman–Crippen LogP) is 1.84. The molecule has 0 saturated carbocycles. The van der Waals surface area contributed by atoms with Crippen LogP contribution >= 0.6 is 15.9 Å². The molecule has 0 amide bonds. The van der Waals surface area contributed by atoms with Crippen LogP contribution in [0.4, 0.5) is 5.69 Å². The van der Waals surface area contributed by atoms with Crippen LogP contribution in [-0.2, 0) is 14.8 Å². The smallest absolute Gasteiger partial charge is 0.246 e. The van der Waals surface area contributed by atoms with Crippen molar-refractivity contribution in [2.45, 2.75) is 30.4 Å². The van der Waals surface area contributed by atoms with Crippen LogP contribution in [0.5, 0.6) is 5.75 Å². The average Bonchev–Trinajstić information content (AvgIpc) is 2.86. The summed E-state index contributed by atoms with van der Waals surface area (Å²) in [5.74, 6) is 0.259. The van der Waals surface area contributed by atoms with E-state index in [1.165, 1.54) is 17.5 Å². The molecule has 118 valence electrons. The Morgan fingerprint density at radius 1 is 1.48 bits per heavy atom. The molecule has 2 atom stereocenters. The summed E-state index contributed by atoms with van der Waals surface area (Å²) in [5, 5.41) is 0. The summed E-state index contributed by atoms with van der Waals surface area (Å²) < 4.78 is 38.2. The number of rotatable bonds is 4. The van der Waals surface area contributed by atoms with Gasteiger partial charge in [0.25, 0.3) is 0 Å². The Bertz CT molecular complexity index is 635. The molecule has 0 bridgehead atoms. The minimum atomic E-state index is -3.71. The van der Waals surface area contributed by atoms with Crippen LogP contribution in [0.15, 0.2) is 21.5 Å². The van der Waals surface area contributed by atoms with Crippen LogP contribution in [0.3, 0.4) is 0 Å². The van der Waals surface area contributed by atoms with Crippen molar-refractivity contribution in [1.82, 2.24) is 4.31 Å². The summed E-state index contributed by atoms with van der Waals surface area (Å²) in [6, 6.07) is 2.78. The van der Waals surface area contributed by atoms with Gasteiger partial charge in [0.2, 0.25) is 10.0 Å². The standard InChI is InChI=1S/C13H19BrN2O4S/c1-8-11(4-5-20-8)16(2)21(17,18)13-7-10(15)9(14)6-12(13)19-3/h6-8,11H,4-5,15H2,1-3H3. The van der Waals surface area contributed by atoms with Crippen molar-refractivity contribution in [3.05, 3.63) is 16.6 Å². The number of hydrogen-bond donors (Lipinski definition) is 1. The maximum absolute atomic E-state index is 12.8. The van der Waals surface area contributed by atoms with Gasteiger partial charge >= 0.3 is 0 Å². The van der Waals surface area contributed by atoms with Gasteiger partial charge in [0.1, 0.15) is 10.6 Å². The average molecular weight is 379 g/mol. The minimum absolute atomic E-state index is 0.0623. The number of halogens is 1. The van der Waals surface area contributed by atoms with Crippen molar-refractivity contribution in [1.29, 1.82) is 0 Å². The second-order valence-electron chi connectivity index (χ2n) is 4.98. The van der Waals surface area contributed by atoms with Crippen LogP contribution in [-0.4, -0.2) is 45.6 Å². The zero-order chi connectivity index (χ0) is 15.8. The van der Waals surface area contributed by atoms with E-state index in [4.69, 9.17) is 15.2 Å². The van der Waals surface area contributed by atoms with Gasteiger partial charge in [0.05, 0.1) is 19.3 Å². The first-order valence-corrected chi connectivity index (χ1v) is 8.75. The summed E-state index contributed by atoms with van der Waals surface area (Å²) in [4.78, 5) is 0.0623. The lowest BCUT2D eigenvalue weighted by molar-refractivity contribution is 0.102. The van der Waals surface area contributed by atoms with Gasteiger partial charge in [-0.2, -0.15) is 4.31 Å².